The Morgan fingerprint density at radius 3 is 2.81 bits per heavy atom. The first-order valence-electron chi connectivity index (χ1n) is 5.79. The summed E-state index contributed by atoms with van der Waals surface area (Å²) in [6.07, 6.45) is 1.34. The highest BCUT2D eigenvalue weighted by molar-refractivity contribution is 5.66. The minimum atomic E-state index is -0.756. The van der Waals surface area contributed by atoms with Crippen molar-refractivity contribution < 1.29 is 9.90 Å². The number of nitrogens with zero attached hydrogens (tertiary/aromatic N) is 1. The summed E-state index contributed by atoms with van der Waals surface area (Å²) in [6, 6.07) is 10.4. The first-order chi connectivity index (χ1) is 7.75. The van der Waals surface area contributed by atoms with Gasteiger partial charge in [0.25, 0.3) is 0 Å². The normalized spacial score (nSPS) is 31.2. The Kier molecular flexibility index (Phi) is 2.13. The predicted molar refractivity (Wildman–Crippen MR) is 60.3 cm³/mol. The van der Waals surface area contributed by atoms with Crippen LogP contribution in [-0.4, -0.2) is 28.7 Å². The smallest absolute Gasteiger partial charge is 0.407 e. The molecule has 3 heteroatoms. The molecule has 2 aliphatic rings. The summed E-state index contributed by atoms with van der Waals surface area (Å²) in [5, 5.41) is 9.13. The van der Waals surface area contributed by atoms with Crippen LogP contribution >= 0.6 is 0 Å². The van der Waals surface area contributed by atoms with Gasteiger partial charge in [-0.15, -0.1) is 0 Å². The van der Waals surface area contributed by atoms with Crippen LogP contribution in [0.25, 0.3) is 0 Å². The van der Waals surface area contributed by atoms with E-state index in [0.717, 1.165) is 13.0 Å². The van der Waals surface area contributed by atoms with Crippen molar-refractivity contribution in [2.45, 2.75) is 18.9 Å². The largest absolute Gasteiger partial charge is 0.465 e. The fourth-order valence-electron chi connectivity index (χ4n) is 2.91. The molecule has 0 radical (unpaired) electrons. The summed E-state index contributed by atoms with van der Waals surface area (Å²) in [7, 11) is 0. The van der Waals surface area contributed by atoms with E-state index in [-0.39, 0.29) is 6.04 Å². The highest BCUT2D eigenvalue weighted by atomic mass is 16.4. The Morgan fingerprint density at radius 1 is 1.38 bits per heavy atom. The molecule has 3 nitrogen and oxygen atoms in total. The van der Waals surface area contributed by atoms with Gasteiger partial charge in [0.05, 0.1) is 0 Å². The number of amides is 1. The average molecular weight is 217 g/mol. The SMILES string of the molecule is O=C(O)N1C[C@H]2C[C@H]2[C@@H]1Cc1ccccc1. The molecule has 16 heavy (non-hydrogen) atoms. The van der Waals surface area contributed by atoms with Crippen molar-refractivity contribution in [2.75, 3.05) is 6.54 Å². The molecule has 1 aromatic rings. The average Bonchev–Trinajstić information content (AvgIpc) is 2.97. The van der Waals surface area contributed by atoms with Gasteiger partial charge < -0.3 is 10.0 Å². The molecule has 1 aliphatic carbocycles. The van der Waals surface area contributed by atoms with E-state index in [9.17, 15) is 4.79 Å². The van der Waals surface area contributed by atoms with Crippen LogP contribution < -0.4 is 0 Å². The molecule has 1 N–H and O–H groups in total. The monoisotopic (exact) mass is 217 g/mol. The molecular weight excluding hydrogens is 202 g/mol. The van der Waals surface area contributed by atoms with Gasteiger partial charge in [-0.3, -0.25) is 0 Å². The number of likely N-dealkylation sites (tertiary alicyclic amines) is 1. The molecule has 0 unspecified atom stereocenters. The molecule has 1 saturated heterocycles. The van der Waals surface area contributed by atoms with Crippen LogP contribution in [0.5, 0.6) is 0 Å². The Balaban J connectivity index is 1.76. The van der Waals surface area contributed by atoms with Crippen molar-refractivity contribution in [3.05, 3.63) is 35.9 Å². The Morgan fingerprint density at radius 2 is 2.12 bits per heavy atom. The van der Waals surface area contributed by atoms with Gasteiger partial charge >= 0.3 is 6.09 Å². The van der Waals surface area contributed by atoms with Crippen LogP contribution in [0.1, 0.15) is 12.0 Å². The molecular formula is C13H15NO2. The molecule has 1 amide bonds. The minimum Gasteiger partial charge on any atom is -0.465 e. The van der Waals surface area contributed by atoms with Crippen LogP contribution in [0.3, 0.4) is 0 Å². The molecule has 1 aromatic carbocycles. The molecule has 1 heterocycles. The maximum absolute atomic E-state index is 11.1. The lowest BCUT2D eigenvalue weighted by Gasteiger charge is -2.24. The lowest BCUT2D eigenvalue weighted by atomic mass is 10.0. The highest BCUT2D eigenvalue weighted by Crippen LogP contribution is 2.50. The molecule has 1 aliphatic heterocycles. The van der Waals surface area contributed by atoms with Gasteiger partial charge in [-0.05, 0) is 30.2 Å². The number of carbonyl (C=O) groups is 1. The minimum absolute atomic E-state index is 0.213. The summed E-state index contributed by atoms with van der Waals surface area (Å²) < 4.78 is 0. The number of piperidine rings is 1. The van der Waals surface area contributed by atoms with E-state index in [4.69, 9.17) is 5.11 Å². The Hall–Kier alpha value is -1.51. The fraction of sp³-hybridized carbons (Fsp3) is 0.462. The maximum Gasteiger partial charge on any atom is 0.407 e. The topological polar surface area (TPSA) is 40.5 Å². The van der Waals surface area contributed by atoms with Gasteiger partial charge in [0.2, 0.25) is 0 Å². The second-order valence-corrected chi connectivity index (χ2v) is 4.85. The van der Waals surface area contributed by atoms with E-state index in [2.05, 4.69) is 12.1 Å². The van der Waals surface area contributed by atoms with Crippen molar-refractivity contribution in [1.29, 1.82) is 0 Å². The Labute approximate surface area is 94.7 Å². The van der Waals surface area contributed by atoms with Crippen molar-refractivity contribution in [3.63, 3.8) is 0 Å². The fourth-order valence-corrected chi connectivity index (χ4v) is 2.91. The van der Waals surface area contributed by atoms with Crippen molar-refractivity contribution in [2.24, 2.45) is 11.8 Å². The summed E-state index contributed by atoms with van der Waals surface area (Å²) >= 11 is 0. The van der Waals surface area contributed by atoms with Crippen molar-refractivity contribution in [1.82, 2.24) is 4.90 Å². The van der Waals surface area contributed by atoms with Gasteiger partial charge in [0.1, 0.15) is 0 Å². The first-order valence-corrected chi connectivity index (χ1v) is 5.79. The van der Waals surface area contributed by atoms with Gasteiger partial charge in [0, 0.05) is 12.6 Å². The van der Waals surface area contributed by atoms with Gasteiger partial charge in [-0.2, -0.15) is 0 Å². The Bertz CT molecular complexity index is 404. The standard InChI is InChI=1S/C13H15NO2/c15-13(16)14-8-10-7-11(10)12(14)6-9-4-2-1-3-5-9/h1-5,10-12H,6-8H2,(H,15,16)/t10-,11-,12+/m1/s1. The van der Waals surface area contributed by atoms with Gasteiger partial charge in [0.15, 0.2) is 0 Å². The number of benzene rings is 1. The van der Waals surface area contributed by atoms with E-state index >= 15 is 0 Å². The number of hydrogen-bond donors (Lipinski definition) is 1. The van der Waals surface area contributed by atoms with Gasteiger partial charge in [-0.25, -0.2) is 4.79 Å². The number of rotatable bonds is 2. The molecule has 84 valence electrons. The van der Waals surface area contributed by atoms with Crippen LogP contribution in [0.4, 0.5) is 4.79 Å². The second kappa shape index (κ2) is 3.51. The lowest BCUT2D eigenvalue weighted by Crippen LogP contribution is -2.38. The first kappa shape index (κ1) is 9.70. The van der Waals surface area contributed by atoms with Crippen LogP contribution in [0, 0.1) is 11.8 Å². The molecule has 0 aromatic heterocycles. The molecule has 3 atom stereocenters. The summed E-state index contributed by atoms with van der Waals surface area (Å²) in [5.74, 6) is 1.26. The number of hydrogen-bond acceptors (Lipinski definition) is 1. The molecule has 3 rings (SSSR count). The van der Waals surface area contributed by atoms with E-state index in [1.54, 1.807) is 4.90 Å². The molecule has 1 saturated carbocycles. The molecule has 0 bridgehead atoms. The predicted octanol–water partition coefficient (Wildman–Crippen LogP) is 2.23. The summed E-state index contributed by atoms with van der Waals surface area (Å²) in [5.41, 5.74) is 1.24. The number of carboxylic acid groups (broad SMARTS) is 1. The summed E-state index contributed by atoms with van der Waals surface area (Å²) in [4.78, 5) is 12.7. The summed E-state index contributed by atoms with van der Waals surface area (Å²) in [6.45, 7) is 0.748. The quantitative estimate of drug-likeness (QED) is 0.825. The van der Waals surface area contributed by atoms with Crippen LogP contribution in [-0.2, 0) is 6.42 Å². The molecule has 0 spiro atoms. The van der Waals surface area contributed by atoms with Crippen molar-refractivity contribution in [3.8, 4) is 0 Å². The third-order valence-corrected chi connectivity index (χ3v) is 3.84. The zero-order chi connectivity index (χ0) is 11.1. The van der Waals surface area contributed by atoms with E-state index in [1.165, 1.54) is 12.0 Å². The second-order valence-electron chi connectivity index (χ2n) is 4.85. The zero-order valence-electron chi connectivity index (χ0n) is 9.04. The highest BCUT2D eigenvalue weighted by Gasteiger charge is 2.53. The van der Waals surface area contributed by atoms with E-state index < -0.39 is 6.09 Å². The van der Waals surface area contributed by atoms with Crippen LogP contribution in [0.15, 0.2) is 30.3 Å². The van der Waals surface area contributed by atoms with Gasteiger partial charge in [-0.1, -0.05) is 30.3 Å². The zero-order valence-corrected chi connectivity index (χ0v) is 9.04. The third-order valence-electron chi connectivity index (χ3n) is 3.84. The van der Waals surface area contributed by atoms with E-state index in [0.29, 0.717) is 11.8 Å². The van der Waals surface area contributed by atoms with Crippen LogP contribution in [0.2, 0.25) is 0 Å². The number of fused-ring (bicyclic) bond motifs is 1. The third kappa shape index (κ3) is 1.56. The van der Waals surface area contributed by atoms with Crippen molar-refractivity contribution >= 4 is 6.09 Å². The molecule has 2 fully saturated rings. The van der Waals surface area contributed by atoms with E-state index in [1.807, 2.05) is 18.2 Å². The maximum atomic E-state index is 11.1. The lowest BCUT2D eigenvalue weighted by molar-refractivity contribution is 0.131.